The van der Waals surface area contributed by atoms with Gasteiger partial charge in [-0.25, -0.2) is 4.98 Å². The van der Waals surface area contributed by atoms with E-state index in [1.54, 1.807) is 0 Å². The van der Waals surface area contributed by atoms with E-state index < -0.39 is 0 Å². The van der Waals surface area contributed by atoms with E-state index in [1.807, 2.05) is 42.5 Å². The van der Waals surface area contributed by atoms with Crippen LogP contribution in [0.4, 0.5) is 0 Å². The zero-order valence-corrected chi connectivity index (χ0v) is 11.9. The van der Waals surface area contributed by atoms with Gasteiger partial charge >= 0.3 is 0 Å². The highest BCUT2D eigenvalue weighted by molar-refractivity contribution is 6.30. The number of pyridine rings is 1. The van der Waals surface area contributed by atoms with E-state index in [4.69, 9.17) is 16.3 Å². The smallest absolute Gasteiger partial charge is 0.223 e. The summed E-state index contributed by atoms with van der Waals surface area (Å²) in [7, 11) is 0. The van der Waals surface area contributed by atoms with Crippen molar-refractivity contribution in [2.45, 2.75) is 13.5 Å². The summed E-state index contributed by atoms with van der Waals surface area (Å²) in [6, 6.07) is 18.0. The molecule has 0 bridgehead atoms. The molecule has 3 aromatic rings. The highest BCUT2D eigenvalue weighted by atomic mass is 35.5. The summed E-state index contributed by atoms with van der Waals surface area (Å²) in [5.41, 5.74) is 2.28. The normalized spacial score (nSPS) is 10.7. The van der Waals surface area contributed by atoms with E-state index in [-0.39, 0.29) is 0 Å². The van der Waals surface area contributed by atoms with E-state index in [0.717, 1.165) is 16.3 Å². The molecule has 20 heavy (non-hydrogen) atoms. The molecule has 0 saturated heterocycles. The largest absolute Gasteiger partial charge is 0.472 e. The number of benzene rings is 2. The Balaban J connectivity index is 1.96. The van der Waals surface area contributed by atoms with Gasteiger partial charge in [-0.15, -0.1) is 0 Å². The van der Waals surface area contributed by atoms with Gasteiger partial charge in [0.05, 0.1) is 0 Å². The Labute approximate surface area is 123 Å². The van der Waals surface area contributed by atoms with Crippen molar-refractivity contribution in [3.63, 3.8) is 0 Å². The molecule has 0 radical (unpaired) electrons. The molecule has 2 aromatic carbocycles. The lowest BCUT2D eigenvalue weighted by Gasteiger charge is -2.09. The number of hydrogen-bond donors (Lipinski definition) is 0. The fraction of sp³-hybridized carbons (Fsp3) is 0.118. The molecule has 0 aliphatic rings. The number of fused-ring (bicyclic) bond motifs is 1. The Hall–Kier alpha value is -2.06. The average molecular weight is 284 g/mol. The average Bonchev–Trinajstić information content (AvgIpc) is 2.46. The molecular formula is C17H14ClNO. The first kappa shape index (κ1) is 12.9. The molecule has 0 atom stereocenters. The van der Waals surface area contributed by atoms with Crippen molar-refractivity contribution in [1.82, 2.24) is 4.98 Å². The summed E-state index contributed by atoms with van der Waals surface area (Å²) in [6.45, 7) is 2.53. The summed E-state index contributed by atoms with van der Waals surface area (Å²) >= 11 is 6.05. The summed E-state index contributed by atoms with van der Waals surface area (Å²) in [5, 5.41) is 2.48. The second kappa shape index (κ2) is 5.51. The predicted octanol–water partition coefficient (Wildman–Crippen LogP) is 4.78. The van der Waals surface area contributed by atoms with Crippen LogP contribution in [0.2, 0.25) is 5.15 Å². The second-order valence-electron chi connectivity index (χ2n) is 4.75. The molecule has 0 spiro atoms. The summed E-state index contributed by atoms with van der Waals surface area (Å²) in [5.74, 6) is 0.583. The molecule has 0 fully saturated rings. The standard InChI is InChI=1S/C17H14ClNO/c1-12-7-8-14-10-16(18)19-17(15(14)9-12)20-11-13-5-3-2-4-6-13/h2-10H,11H2,1H3. The van der Waals surface area contributed by atoms with Crippen molar-refractivity contribution in [3.05, 3.63) is 70.9 Å². The Morgan fingerprint density at radius 2 is 1.85 bits per heavy atom. The SMILES string of the molecule is Cc1ccc2cc(Cl)nc(OCc3ccccc3)c2c1. The minimum atomic E-state index is 0.449. The Bertz CT molecular complexity index is 741. The van der Waals surface area contributed by atoms with Gasteiger partial charge in [-0.1, -0.05) is 59.6 Å². The van der Waals surface area contributed by atoms with Gasteiger partial charge in [-0.05, 0) is 30.0 Å². The van der Waals surface area contributed by atoms with Crippen LogP contribution in [0.15, 0.2) is 54.6 Å². The van der Waals surface area contributed by atoms with Gasteiger partial charge in [0.15, 0.2) is 0 Å². The summed E-state index contributed by atoms with van der Waals surface area (Å²) in [6.07, 6.45) is 0. The van der Waals surface area contributed by atoms with Crippen LogP contribution >= 0.6 is 11.6 Å². The lowest BCUT2D eigenvalue weighted by Crippen LogP contribution is -1.98. The molecule has 0 saturated carbocycles. The number of halogens is 1. The van der Waals surface area contributed by atoms with Crippen molar-refractivity contribution < 1.29 is 4.74 Å². The Morgan fingerprint density at radius 3 is 2.65 bits per heavy atom. The van der Waals surface area contributed by atoms with E-state index in [9.17, 15) is 0 Å². The first-order chi connectivity index (χ1) is 9.72. The van der Waals surface area contributed by atoms with Gasteiger partial charge in [0.1, 0.15) is 11.8 Å². The van der Waals surface area contributed by atoms with Gasteiger partial charge in [-0.2, -0.15) is 0 Å². The monoisotopic (exact) mass is 283 g/mol. The van der Waals surface area contributed by atoms with Crippen LogP contribution in [0.1, 0.15) is 11.1 Å². The number of ether oxygens (including phenoxy) is 1. The number of aromatic nitrogens is 1. The highest BCUT2D eigenvalue weighted by Gasteiger charge is 2.07. The summed E-state index contributed by atoms with van der Waals surface area (Å²) < 4.78 is 5.85. The van der Waals surface area contributed by atoms with Crippen molar-refractivity contribution in [3.8, 4) is 5.88 Å². The molecular weight excluding hydrogens is 270 g/mol. The van der Waals surface area contributed by atoms with Crippen LogP contribution in [-0.4, -0.2) is 4.98 Å². The van der Waals surface area contributed by atoms with E-state index >= 15 is 0 Å². The molecule has 100 valence electrons. The minimum Gasteiger partial charge on any atom is -0.472 e. The zero-order valence-electron chi connectivity index (χ0n) is 11.1. The highest BCUT2D eigenvalue weighted by Crippen LogP contribution is 2.28. The van der Waals surface area contributed by atoms with Crippen LogP contribution in [-0.2, 0) is 6.61 Å². The lowest BCUT2D eigenvalue weighted by molar-refractivity contribution is 0.298. The van der Waals surface area contributed by atoms with Crippen molar-refractivity contribution >= 4 is 22.4 Å². The van der Waals surface area contributed by atoms with Crippen molar-refractivity contribution in [1.29, 1.82) is 0 Å². The molecule has 3 heteroatoms. The van der Waals surface area contributed by atoms with Gasteiger partial charge in [0.2, 0.25) is 5.88 Å². The maximum Gasteiger partial charge on any atom is 0.223 e. The second-order valence-corrected chi connectivity index (χ2v) is 5.14. The molecule has 0 amide bonds. The molecule has 0 aliphatic carbocycles. The number of nitrogens with zero attached hydrogens (tertiary/aromatic N) is 1. The number of rotatable bonds is 3. The van der Waals surface area contributed by atoms with E-state index in [1.165, 1.54) is 5.56 Å². The fourth-order valence-electron chi connectivity index (χ4n) is 2.13. The topological polar surface area (TPSA) is 22.1 Å². The minimum absolute atomic E-state index is 0.449. The zero-order chi connectivity index (χ0) is 13.9. The molecule has 0 aliphatic heterocycles. The summed E-state index contributed by atoms with van der Waals surface area (Å²) in [4.78, 5) is 4.30. The van der Waals surface area contributed by atoms with Crippen LogP contribution in [0.25, 0.3) is 10.8 Å². The Kier molecular flexibility index (Phi) is 3.57. The van der Waals surface area contributed by atoms with Crippen LogP contribution < -0.4 is 4.74 Å². The third-order valence-corrected chi connectivity index (χ3v) is 3.33. The van der Waals surface area contributed by atoms with E-state index in [0.29, 0.717) is 17.6 Å². The van der Waals surface area contributed by atoms with Gasteiger partial charge in [0, 0.05) is 5.39 Å². The van der Waals surface area contributed by atoms with Gasteiger partial charge < -0.3 is 4.74 Å². The first-order valence-corrected chi connectivity index (χ1v) is 6.84. The van der Waals surface area contributed by atoms with Crippen molar-refractivity contribution in [2.75, 3.05) is 0 Å². The van der Waals surface area contributed by atoms with E-state index in [2.05, 4.69) is 24.0 Å². The fourth-order valence-corrected chi connectivity index (χ4v) is 2.33. The predicted molar refractivity (Wildman–Crippen MR) is 82.3 cm³/mol. The van der Waals surface area contributed by atoms with Crippen molar-refractivity contribution in [2.24, 2.45) is 0 Å². The van der Waals surface area contributed by atoms with Crippen LogP contribution in [0, 0.1) is 6.92 Å². The first-order valence-electron chi connectivity index (χ1n) is 6.46. The quantitative estimate of drug-likeness (QED) is 0.646. The third-order valence-electron chi connectivity index (χ3n) is 3.14. The number of aryl methyl sites for hydroxylation is 1. The van der Waals surface area contributed by atoms with Crippen LogP contribution in [0.3, 0.4) is 0 Å². The lowest BCUT2D eigenvalue weighted by atomic mass is 10.1. The molecule has 1 aromatic heterocycles. The maximum atomic E-state index is 6.05. The maximum absolute atomic E-state index is 6.05. The molecule has 2 nitrogen and oxygen atoms in total. The molecule has 1 heterocycles. The molecule has 0 unspecified atom stereocenters. The molecule has 3 rings (SSSR count). The Morgan fingerprint density at radius 1 is 1.05 bits per heavy atom. The van der Waals surface area contributed by atoms with Crippen LogP contribution in [0.5, 0.6) is 5.88 Å². The van der Waals surface area contributed by atoms with Gasteiger partial charge in [0.25, 0.3) is 0 Å². The molecule has 0 N–H and O–H groups in total. The van der Waals surface area contributed by atoms with Gasteiger partial charge in [-0.3, -0.25) is 0 Å². The number of hydrogen-bond acceptors (Lipinski definition) is 2. The third kappa shape index (κ3) is 2.75.